The predicted molar refractivity (Wildman–Crippen MR) is 118 cm³/mol. The summed E-state index contributed by atoms with van der Waals surface area (Å²) in [6.07, 6.45) is 4.07. The molecule has 1 aromatic carbocycles. The smallest absolute Gasteiger partial charge is 0.274 e. The monoisotopic (exact) mass is 433 g/mol. The van der Waals surface area contributed by atoms with E-state index in [2.05, 4.69) is 34.5 Å². The van der Waals surface area contributed by atoms with E-state index in [0.717, 1.165) is 55.6 Å². The number of nitrogens with two attached hydrogens (primary N) is 2. The second-order valence-electron chi connectivity index (χ2n) is 8.15. The van der Waals surface area contributed by atoms with Crippen LogP contribution in [0.5, 0.6) is 5.75 Å². The first-order valence-corrected chi connectivity index (χ1v) is 10.5. The zero-order valence-corrected chi connectivity index (χ0v) is 18.3. The van der Waals surface area contributed by atoms with Crippen molar-refractivity contribution in [1.82, 2.24) is 15.3 Å². The SMILES string of the molecule is COc1ccc(CCC[N@+]2(C)CCC[C@H](NC(=O)c3nc(Cl)c(N)nc3N)C2)cc1. The Morgan fingerprint density at radius 1 is 1.27 bits per heavy atom. The van der Waals surface area contributed by atoms with Crippen molar-refractivity contribution < 1.29 is 14.0 Å². The molecule has 1 aromatic heterocycles. The van der Waals surface area contributed by atoms with Crippen LogP contribution in [0.25, 0.3) is 0 Å². The zero-order chi connectivity index (χ0) is 21.7. The predicted octanol–water partition coefficient (Wildman–Crippen LogP) is 2.27. The summed E-state index contributed by atoms with van der Waals surface area (Å²) in [5, 5.41) is 3.03. The van der Waals surface area contributed by atoms with E-state index in [1.807, 2.05) is 12.1 Å². The molecule has 0 spiro atoms. The number of likely N-dealkylation sites (N-methyl/N-ethyl adjacent to an activating group) is 1. The van der Waals surface area contributed by atoms with Crippen LogP contribution in [0.2, 0.25) is 5.15 Å². The topological polar surface area (TPSA) is 116 Å². The van der Waals surface area contributed by atoms with Gasteiger partial charge in [-0.15, -0.1) is 0 Å². The molecule has 1 fully saturated rings. The number of ether oxygens (including phenoxy) is 1. The van der Waals surface area contributed by atoms with E-state index in [-0.39, 0.29) is 34.4 Å². The number of benzene rings is 1. The van der Waals surface area contributed by atoms with Crippen LogP contribution < -0.4 is 21.5 Å². The number of likely N-dealkylation sites (tertiary alicyclic amines) is 1. The Morgan fingerprint density at radius 2 is 2.00 bits per heavy atom. The zero-order valence-electron chi connectivity index (χ0n) is 17.5. The van der Waals surface area contributed by atoms with E-state index >= 15 is 0 Å². The summed E-state index contributed by atoms with van der Waals surface area (Å²) >= 11 is 5.90. The second-order valence-corrected chi connectivity index (χ2v) is 8.51. The van der Waals surface area contributed by atoms with E-state index in [1.165, 1.54) is 5.56 Å². The number of quaternary nitrogens is 1. The number of methoxy groups -OCH3 is 1. The van der Waals surface area contributed by atoms with Gasteiger partial charge in [0.05, 0.1) is 39.8 Å². The molecule has 5 N–H and O–H groups in total. The number of hydrogen-bond acceptors (Lipinski definition) is 6. The largest absolute Gasteiger partial charge is 0.497 e. The lowest BCUT2D eigenvalue weighted by Gasteiger charge is -2.41. The maximum Gasteiger partial charge on any atom is 0.274 e. The van der Waals surface area contributed by atoms with Gasteiger partial charge in [-0.25, -0.2) is 9.97 Å². The highest BCUT2D eigenvalue weighted by atomic mass is 35.5. The molecular weight excluding hydrogens is 404 g/mol. The molecule has 2 heterocycles. The number of aryl methyl sites for hydroxylation is 1. The minimum Gasteiger partial charge on any atom is -0.497 e. The number of nitrogens with one attached hydrogen (secondary N) is 1. The van der Waals surface area contributed by atoms with Crippen LogP contribution in [-0.2, 0) is 6.42 Å². The van der Waals surface area contributed by atoms with E-state index in [4.69, 9.17) is 27.8 Å². The summed E-state index contributed by atoms with van der Waals surface area (Å²) < 4.78 is 6.13. The first-order valence-electron chi connectivity index (χ1n) is 10.2. The standard InChI is InChI=1S/C21H29ClN6O2/c1-28(11-3-5-14-7-9-16(30-2)10-8-14)12-4-6-15(13-28)25-21(29)17-19(23)27-20(24)18(22)26-17/h7-10,15H,3-6,11-13H2,1-2H3,(H4-,23,24,25,27,29)/p+1/t15-,28+/m0/s1. The Bertz CT molecular complexity index is 892. The molecule has 0 unspecified atom stereocenters. The minimum absolute atomic E-state index is 0.0121. The summed E-state index contributed by atoms with van der Waals surface area (Å²) in [6.45, 7) is 3.02. The van der Waals surface area contributed by atoms with E-state index < -0.39 is 0 Å². The summed E-state index contributed by atoms with van der Waals surface area (Å²) in [6, 6.07) is 8.27. The number of carbonyl (C=O) groups is 1. The van der Waals surface area contributed by atoms with E-state index in [1.54, 1.807) is 7.11 Å². The normalized spacial score (nSPS) is 21.2. The maximum atomic E-state index is 12.6. The number of anilines is 2. The summed E-state index contributed by atoms with van der Waals surface area (Å²) in [5.41, 5.74) is 12.7. The number of nitrogens with zero attached hydrogens (tertiary/aromatic N) is 3. The van der Waals surface area contributed by atoms with Crippen LogP contribution in [0.1, 0.15) is 35.3 Å². The fourth-order valence-corrected chi connectivity index (χ4v) is 4.20. The van der Waals surface area contributed by atoms with Gasteiger partial charge < -0.3 is 26.0 Å². The average Bonchev–Trinajstić information content (AvgIpc) is 2.71. The van der Waals surface area contributed by atoms with Crippen LogP contribution in [0, 0.1) is 0 Å². The van der Waals surface area contributed by atoms with Crippen LogP contribution in [0.4, 0.5) is 11.6 Å². The minimum atomic E-state index is -0.362. The lowest BCUT2D eigenvalue weighted by atomic mass is 10.0. The summed E-state index contributed by atoms with van der Waals surface area (Å²) in [7, 11) is 3.93. The van der Waals surface area contributed by atoms with Gasteiger partial charge >= 0.3 is 0 Å². The molecule has 1 amide bonds. The molecule has 3 rings (SSSR count). The highest BCUT2D eigenvalue weighted by molar-refractivity contribution is 6.31. The van der Waals surface area contributed by atoms with Gasteiger partial charge in [-0.05, 0) is 37.0 Å². The van der Waals surface area contributed by atoms with Gasteiger partial charge in [0.15, 0.2) is 22.5 Å². The molecule has 8 nitrogen and oxygen atoms in total. The highest BCUT2D eigenvalue weighted by Crippen LogP contribution is 2.21. The van der Waals surface area contributed by atoms with Gasteiger partial charge in [0.2, 0.25) is 0 Å². The van der Waals surface area contributed by atoms with Crippen molar-refractivity contribution in [3.8, 4) is 5.75 Å². The number of piperidine rings is 1. The lowest BCUT2D eigenvalue weighted by molar-refractivity contribution is -0.915. The fraction of sp³-hybridized carbons (Fsp3) is 0.476. The summed E-state index contributed by atoms with van der Waals surface area (Å²) in [4.78, 5) is 20.5. The van der Waals surface area contributed by atoms with E-state index in [9.17, 15) is 4.79 Å². The number of carbonyl (C=O) groups excluding carboxylic acids is 1. The van der Waals surface area contributed by atoms with Crippen LogP contribution in [-0.4, -0.2) is 60.2 Å². The third-order valence-corrected chi connectivity index (χ3v) is 5.97. The van der Waals surface area contributed by atoms with Gasteiger partial charge in [-0.3, -0.25) is 4.79 Å². The van der Waals surface area contributed by atoms with Crippen molar-refractivity contribution in [2.75, 3.05) is 45.3 Å². The average molecular weight is 434 g/mol. The van der Waals surface area contributed by atoms with Crippen molar-refractivity contribution in [3.05, 3.63) is 40.7 Å². The van der Waals surface area contributed by atoms with Gasteiger partial charge in [-0.2, -0.15) is 0 Å². The van der Waals surface area contributed by atoms with Crippen molar-refractivity contribution in [1.29, 1.82) is 0 Å². The number of amides is 1. The van der Waals surface area contributed by atoms with Gasteiger partial charge in [-0.1, -0.05) is 23.7 Å². The molecule has 0 radical (unpaired) electrons. The summed E-state index contributed by atoms with van der Waals surface area (Å²) in [5.74, 6) is 0.519. The first-order chi connectivity index (χ1) is 14.3. The van der Waals surface area contributed by atoms with E-state index in [0.29, 0.717) is 0 Å². The van der Waals surface area contributed by atoms with Gasteiger partial charge in [0.25, 0.3) is 5.91 Å². The molecule has 1 aliphatic heterocycles. The van der Waals surface area contributed by atoms with Crippen molar-refractivity contribution >= 4 is 29.1 Å². The Labute approximate surface area is 182 Å². The quantitative estimate of drug-likeness (QED) is 0.577. The number of hydrogen-bond donors (Lipinski definition) is 3. The van der Waals surface area contributed by atoms with Gasteiger partial charge in [0.1, 0.15) is 5.75 Å². The Balaban J connectivity index is 1.54. The number of nitrogen functional groups attached to an aromatic ring is 2. The molecule has 0 saturated carbocycles. The molecule has 0 aliphatic carbocycles. The Morgan fingerprint density at radius 3 is 2.70 bits per heavy atom. The fourth-order valence-electron chi connectivity index (χ4n) is 4.07. The van der Waals surface area contributed by atoms with Gasteiger partial charge in [0, 0.05) is 6.42 Å². The second kappa shape index (κ2) is 9.49. The molecule has 9 heteroatoms. The van der Waals surface area contributed by atoms with Crippen LogP contribution in [0.3, 0.4) is 0 Å². The lowest BCUT2D eigenvalue weighted by Crippen LogP contribution is -2.57. The molecule has 2 atom stereocenters. The van der Waals surface area contributed by atoms with Crippen molar-refractivity contribution in [2.45, 2.75) is 31.7 Å². The third kappa shape index (κ3) is 5.52. The van der Waals surface area contributed by atoms with Crippen molar-refractivity contribution in [3.63, 3.8) is 0 Å². The molecule has 2 aromatic rings. The van der Waals surface area contributed by atoms with Crippen molar-refractivity contribution in [2.24, 2.45) is 0 Å². The molecule has 30 heavy (non-hydrogen) atoms. The number of aromatic nitrogens is 2. The third-order valence-electron chi connectivity index (χ3n) is 5.69. The first kappa shape index (κ1) is 22.1. The molecule has 162 valence electrons. The Kier molecular flexibility index (Phi) is 6.99. The number of halogens is 1. The maximum absolute atomic E-state index is 12.6. The molecular formula is C21H30ClN6O2+. The van der Waals surface area contributed by atoms with Crippen LogP contribution in [0.15, 0.2) is 24.3 Å². The molecule has 1 saturated heterocycles. The highest BCUT2D eigenvalue weighted by Gasteiger charge is 2.32. The number of rotatable bonds is 7. The molecule has 1 aliphatic rings. The Hall–Kier alpha value is -2.58. The van der Waals surface area contributed by atoms with Crippen LogP contribution >= 0.6 is 11.6 Å². The molecule has 0 bridgehead atoms.